The van der Waals surface area contributed by atoms with Crippen LogP contribution in [-0.2, 0) is 0 Å². The molecule has 0 atom stereocenters. The van der Waals surface area contributed by atoms with Gasteiger partial charge in [-0.2, -0.15) is 0 Å². The highest BCUT2D eigenvalue weighted by Gasteiger charge is 2.28. The first-order valence-electron chi connectivity index (χ1n) is 8.08. The van der Waals surface area contributed by atoms with E-state index in [-0.39, 0.29) is 5.91 Å². The number of halogens is 1. The molecule has 1 fully saturated rings. The molecule has 2 aliphatic rings. The van der Waals surface area contributed by atoms with Gasteiger partial charge in [-0.3, -0.25) is 4.79 Å². The van der Waals surface area contributed by atoms with Crippen molar-refractivity contribution in [3.63, 3.8) is 0 Å². The van der Waals surface area contributed by atoms with Gasteiger partial charge in [0.1, 0.15) is 4.88 Å². The first kappa shape index (κ1) is 16.5. The Morgan fingerprint density at radius 1 is 1.36 bits per heavy atom. The van der Waals surface area contributed by atoms with Crippen LogP contribution in [-0.4, -0.2) is 19.0 Å². The number of rotatable bonds is 3. The number of carbonyl (C=O) groups is 1. The van der Waals surface area contributed by atoms with E-state index in [2.05, 4.69) is 40.9 Å². The minimum Gasteiger partial charge on any atom is -0.365 e. The van der Waals surface area contributed by atoms with Crippen LogP contribution in [0.4, 0.5) is 0 Å². The minimum absolute atomic E-state index is 0.294. The summed E-state index contributed by atoms with van der Waals surface area (Å²) in [6, 6.07) is 2.14. The number of primary amides is 1. The Morgan fingerprint density at radius 2 is 2.09 bits per heavy atom. The number of thiophene rings is 1. The Kier molecular flexibility index (Phi) is 5.24. The van der Waals surface area contributed by atoms with Crippen molar-refractivity contribution < 1.29 is 4.79 Å². The van der Waals surface area contributed by atoms with Crippen molar-refractivity contribution in [3.05, 3.63) is 25.0 Å². The molecule has 0 unspecified atom stereocenters. The van der Waals surface area contributed by atoms with E-state index in [9.17, 15) is 4.79 Å². The summed E-state index contributed by atoms with van der Waals surface area (Å²) < 4.78 is 1.14. The molecule has 2 heterocycles. The Balaban J connectivity index is 1.99. The largest absolute Gasteiger partial charge is 0.365 e. The van der Waals surface area contributed by atoms with Crippen molar-refractivity contribution in [2.75, 3.05) is 13.1 Å². The zero-order chi connectivity index (χ0) is 15.7. The normalized spacial score (nSPS) is 26.3. The van der Waals surface area contributed by atoms with Crippen LogP contribution in [0.3, 0.4) is 0 Å². The standard InChI is InChI=1S/C17H23IN2OS/c1-10-2-4-11(5-3-10)12-6-7-20-9-14(12)13-8-15(18)22-16(13)17(19)21/h8,10-11,20H,2-7,9H2,1H3,(H2,19,21). The number of hydrogen-bond acceptors (Lipinski definition) is 3. The van der Waals surface area contributed by atoms with Crippen molar-refractivity contribution in [1.82, 2.24) is 5.32 Å². The van der Waals surface area contributed by atoms with Crippen molar-refractivity contribution >= 4 is 45.4 Å². The number of hydrogen-bond donors (Lipinski definition) is 2. The highest BCUT2D eigenvalue weighted by atomic mass is 127. The third-order valence-electron chi connectivity index (χ3n) is 5.02. The Morgan fingerprint density at radius 3 is 2.77 bits per heavy atom. The summed E-state index contributed by atoms with van der Waals surface area (Å²) in [6.07, 6.45) is 6.37. The summed E-state index contributed by atoms with van der Waals surface area (Å²) in [5, 5.41) is 3.48. The first-order valence-corrected chi connectivity index (χ1v) is 9.98. The van der Waals surface area contributed by atoms with Gasteiger partial charge in [0, 0.05) is 12.1 Å². The maximum Gasteiger partial charge on any atom is 0.259 e. The van der Waals surface area contributed by atoms with Crippen LogP contribution in [0.2, 0.25) is 0 Å². The molecule has 3 N–H and O–H groups in total. The Labute approximate surface area is 149 Å². The predicted molar refractivity (Wildman–Crippen MR) is 101 cm³/mol. The molecule has 1 amide bonds. The van der Waals surface area contributed by atoms with E-state index in [0.717, 1.165) is 38.8 Å². The fraction of sp³-hybridized carbons (Fsp3) is 0.588. The maximum absolute atomic E-state index is 11.8. The summed E-state index contributed by atoms with van der Waals surface area (Å²) in [5.41, 5.74) is 9.62. The first-order chi connectivity index (χ1) is 10.6. The van der Waals surface area contributed by atoms with E-state index >= 15 is 0 Å². The molecule has 1 aromatic heterocycles. The van der Waals surface area contributed by atoms with Gasteiger partial charge in [0.2, 0.25) is 0 Å². The van der Waals surface area contributed by atoms with Crippen LogP contribution in [0.1, 0.15) is 54.3 Å². The van der Waals surface area contributed by atoms with Gasteiger partial charge in [-0.05, 0) is 71.9 Å². The molecule has 1 saturated carbocycles. The topological polar surface area (TPSA) is 55.1 Å². The lowest BCUT2D eigenvalue weighted by molar-refractivity contribution is 0.100. The van der Waals surface area contributed by atoms with Crippen molar-refractivity contribution in [2.45, 2.75) is 39.0 Å². The summed E-state index contributed by atoms with van der Waals surface area (Å²) >= 11 is 3.80. The average molecular weight is 430 g/mol. The lowest BCUT2D eigenvalue weighted by Crippen LogP contribution is -2.29. The monoisotopic (exact) mass is 430 g/mol. The number of nitrogens with one attached hydrogen (secondary N) is 1. The van der Waals surface area contributed by atoms with Crippen LogP contribution in [0, 0.1) is 14.7 Å². The number of nitrogens with two attached hydrogens (primary N) is 1. The van der Waals surface area contributed by atoms with E-state index in [4.69, 9.17) is 5.73 Å². The lowest BCUT2D eigenvalue weighted by atomic mass is 9.75. The SMILES string of the molecule is CC1CCC(C2=C(c3cc(I)sc3C(N)=O)CNCC2)CC1. The fourth-order valence-corrected chi connectivity index (χ4v) is 5.53. The molecular weight excluding hydrogens is 407 g/mol. The molecule has 1 aliphatic carbocycles. The minimum atomic E-state index is -0.294. The molecule has 0 spiro atoms. The van der Waals surface area contributed by atoms with Crippen LogP contribution >= 0.6 is 33.9 Å². The van der Waals surface area contributed by atoms with Gasteiger partial charge in [-0.1, -0.05) is 25.3 Å². The maximum atomic E-state index is 11.8. The second-order valence-corrected chi connectivity index (χ2v) is 9.49. The van der Waals surface area contributed by atoms with Crippen molar-refractivity contribution in [1.29, 1.82) is 0 Å². The van der Waals surface area contributed by atoms with E-state index in [1.165, 1.54) is 42.6 Å². The molecule has 0 radical (unpaired) electrons. The highest BCUT2D eigenvalue weighted by molar-refractivity contribution is 14.1. The van der Waals surface area contributed by atoms with E-state index in [1.807, 2.05) is 0 Å². The van der Waals surface area contributed by atoms with Gasteiger partial charge in [-0.25, -0.2) is 0 Å². The summed E-state index contributed by atoms with van der Waals surface area (Å²) in [5.74, 6) is 1.27. The summed E-state index contributed by atoms with van der Waals surface area (Å²) in [7, 11) is 0. The van der Waals surface area contributed by atoms with Gasteiger partial charge < -0.3 is 11.1 Å². The molecule has 1 aromatic rings. The quantitative estimate of drug-likeness (QED) is 0.712. The van der Waals surface area contributed by atoms with Crippen LogP contribution < -0.4 is 11.1 Å². The van der Waals surface area contributed by atoms with E-state index < -0.39 is 0 Å². The molecular formula is C17H23IN2OS. The van der Waals surface area contributed by atoms with Crippen molar-refractivity contribution in [3.8, 4) is 0 Å². The zero-order valence-electron chi connectivity index (χ0n) is 13.0. The second-order valence-electron chi connectivity index (χ2n) is 6.54. The molecule has 0 bridgehead atoms. The molecule has 3 nitrogen and oxygen atoms in total. The van der Waals surface area contributed by atoms with Crippen LogP contribution in [0.15, 0.2) is 11.6 Å². The van der Waals surface area contributed by atoms with Gasteiger partial charge in [-0.15, -0.1) is 11.3 Å². The molecule has 0 saturated heterocycles. The average Bonchev–Trinajstić information content (AvgIpc) is 2.90. The fourth-order valence-electron chi connectivity index (χ4n) is 3.80. The Bertz CT molecular complexity index is 600. The smallest absolute Gasteiger partial charge is 0.259 e. The summed E-state index contributed by atoms with van der Waals surface area (Å²) in [6.45, 7) is 4.28. The molecule has 1 aliphatic heterocycles. The number of carbonyl (C=O) groups excluding carboxylic acids is 1. The second kappa shape index (κ2) is 7.01. The van der Waals surface area contributed by atoms with E-state index in [0.29, 0.717) is 5.92 Å². The number of amides is 1. The molecule has 22 heavy (non-hydrogen) atoms. The van der Waals surface area contributed by atoms with Gasteiger partial charge in [0.05, 0.1) is 2.88 Å². The van der Waals surface area contributed by atoms with E-state index in [1.54, 1.807) is 5.57 Å². The highest BCUT2D eigenvalue weighted by Crippen LogP contribution is 2.40. The third kappa shape index (κ3) is 3.41. The van der Waals surface area contributed by atoms with Crippen LogP contribution in [0.25, 0.3) is 5.57 Å². The zero-order valence-corrected chi connectivity index (χ0v) is 15.9. The molecule has 0 aromatic carbocycles. The molecule has 120 valence electrons. The van der Waals surface area contributed by atoms with Crippen LogP contribution in [0.5, 0.6) is 0 Å². The Hall–Kier alpha value is -0.400. The molecule has 3 rings (SSSR count). The lowest BCUT2D eigenvalue weighted by Gasteiger charge is -2.32. The predicted octanol–water partition coefficient (Wildman–Crippen LogP) is 4.02. The van der Waals surface area contributed by atoms with Gasteiger partial charge in [0.15, 0.2) is 0 Å². The van der Waals surface area contributed by atoms with Crippen molar-refractivity contribution in [2.24, 2.45) is 17.6 Å². The summed E-state index contributed by atoms with van der Waals surface area (Å²) in [4.78, 5) is 12.5. The third-order valence-corrected chi connectivity index (χ3v) is 6.93. The molecule has 5 heteroatoms. The van der Waals surface area contributed by atoms with Gasteiger partial charge in [0.25, 0.3) is 5.91 Å². The van der Waals surface area contributed by atoms with Gasteiger partial charge >= 0.3 is 0 Å².